The number of nitrogens with two attached hydrogens (primary N) is 1. The summed E-state index contributed by atoms with van der Waals surface area (Å²) in [6.45, 7) is 0.903. The van der Waals surface area contributed by atoms with Gasteiger partial charge in [-0.15, -0.1) is 0 Å². The van der Waals surface area contributed by atoms with Gasteiger partial charge in [-0.2, -0.15) is 0 Å². The summed E-state index contributed by atoms with van der Waals surface area (Å²) in [5.41, 5.74) is 9.49. The van der Waals surface area contributed by atoms with Crippen molar-refractivity contribution in [3.63, 3.8) is 0 Å². The number of fused-ring (bicyclic) bond motifs is 1. The lowest BCUT2D eigenvalue weighted by Gasteiger charge is -2.31. The van der Waals surface area contributed by atoms with Gasteiger partial charge < -0.3 is 10.6 Å². The molecule has 0 aromatic heterocycles. The number of hydrogen-bond donors (Lipinski definition) is 1. The molecule has 2 aromatic carbocycles. The lowest BCUT2D eigenvalue weighted by molar-refractivity contribution is 0.627. The fraction of sp³-hybridized carbons (Fsp3) is 0.200. The van der Waals surface area contributed by atoms with E-state index in [0.29, 0.717) is 5.69 Å². The molecule has 2 aromatic rings. The van der Waals surface area contributed by atoms with Crippen LogP contribution in [0.5, 0.6) is 0 Å². The molecule has 3 heteroatoms. The highest BCUT2D eigenvalue weighted by molar-refractivity contribution is 5.70. The Bertz CT molecular complexity index is 560. The molecule has 0 saturated carbocycles. The highest BCUT2D eigenvalue weighted by Gasteiger charge is 2.18. The van der Waals surface area contributed by atoms with E-state index in [1.165, 1.54) is 11.6 Å². The number of rotatable bonds is 1. The van der Waals surface area contributed by atoms with Crippen LogP contribution in [0.1, 0.15) is 12.0 Å². The monoisotopic (exact) mass is 242 g/mol. The number of para-hydroxylation sites is 1. The van der Waals surface area contributed by atoms with Crippen LogP contribution in [0, 0.1) is 5.82 Å². The van der Waals surface area contributed by atoms with Crippen LogP contribution in [0.4, 0.5) is 21.5 Å². The van der Waals surface area contributed by atoms with Crippen LogP contribution < -0.4 is 10.6 Å². The Labute approximate surface area is 106 Å². The molecule has 92 valence electrons. The first kappa shape index (κ1) is 11.1. The molecule has 18 heavy (non-hydrogen) atoms. The zero-order chi connectivity index (χ0) is 12.5. The van der Waals surface area contributed by atoms with Gasteiger partial charge in [-0.05, 0) is 42.7 Å². The maximum atomic E-state index is 13.5. The van der Waals surface area contributed by atoms with Crippen LogP contribution in [0.15, 0.2) is 42.5 Å². The van der Waals surface area contributed by atoms with E-state index in [-0.39, 0.29) is 5.82 Å². The second kappa shape index (κ2) is 4.33. The molecule has 0 bridgehead atoms. The SMILES string of the molecule is Nc1cc(F)cc(N2CCCc3ccccc32)c1. The summed E-state index contributed by atoms with van der Waals surface area (Å²) in [5, 5.41) is 0. The molecule has 0 saturated heterocycles. The molecular formula is C15H15FN2. The largest absolute Gasteiger partial charge is 0.399 e. The van der Waals surface area contributed by atoms with Gasteiger partial charge >= 0.3 is 0 Å². The number of aryl methyl sites for hydroxylation is 1. The van der Waals surface area contributed by atoms with E-state index in [9.17, 15) is 4.39 Å². The molecule has 0 aliphatic carbocycles. The first-order valence-corrected chi connectivity index (χ1v) is 6.15. The van der Waals surface area contributed by atoms with Crippen molar-refractivity contribution in [1.82, 2.24) is 0 Å². The van der Waals surface area contributed by atoms with Gasteiger partial charge in [-0.3, -0.25) is 0 Å². The lowest BCUT2D eigenvalue weighted by Crippen LogP contribution is -2.24. The number of nitrogens with zero attached hydrogens (tertiary/aromatic N) is 1. The topological polar surface area (TPSA) is 29.3 Å². The molecule has 0 amide bonds. The fourth-order valence-electron chi connectivity index (χ4n) is 2.55. The molecule has 1 aliphatic heterocycles. The average molecular weight is 242 g/mol. The minimum atomic E-state index is -0.284. The molecule has 3 rings (SSSR count). The Hall–Kier alpha value is -2.03. The van der Waals surface area contributed by atoms with Gasteiger partial charge in [0.1, 0.15) is 5.82 Å². The maximum absolute atomic E-state index is 13.5. The first-order valence-electron chi connectivity index (χ1n) is 6.15. The van der Waals surface area contributed by atoms with Gasteiger partial charge in [0, 0.05) is 23.6 Å². The van der Waals surface area contributed by atoms with E-state index in [4.69, 9.17) is 5.73 Å². The maximum Gasteiger partial charge on any atom is 0.127 e. The summed E-state index contributed by atoms with van der Waals surface area (Å²) in [4.78, 5) is 2.14. The number of halogens is 1. The van der Waals surface area contributed by atoms with Crippen molar-refractivity contribution >= 4 is 17.1 Å². The van der Waals surface area contributed by atoms with E-state index >= 15 is 0 Å². The quantitative estimate of drug-likeness (QED) is 0.775. The Kier molecular flexibility index (Phi) is 2.67. The normalized spacial score (nSPS) is 14.4. The van der Waals surface area contributed by atoms with Crippen LogP contribution in [0.3, 0.4) is 0 Å². The Morgan fingerprint density at radius 2 is 1.94 bits per heavy atom. The highest BCUT2D eigenvalue weighted by Crippen LogP contribution is 2.34. The van der Waals surface area contributed by atoms with Crippen LogP contribution in [0.25, 0.3) is 0 Å². The van der Waals surface area contributed by atoms with Gasteiger partial charge in [-0.1, -0.05) is 18.2 Å². The first-order chi connectivity index (χ1) is 8.74. The minimum Gasteiger partial charge on any atom is -0.399 e. The van der Waals surface area contributed by atoms with Crippen LogP contribution in [-0.2, 0) is 6.42 Å². The van der Waals surface area contributed by atoms with Crippen LogP contribution in [-0.4, -0.2) is 6.54 Å². The Morgan fingerprint density at radius 3 is 2.78 bits per heavy atom. The van der Waals surface area contributed by atoms with E-state index in [1.807, 2.05) is 18.2 Å². The third kappa shape index (κ3) is 1.92. The van der Waals surface area contributed by atoms with Gasteiger partial charge in [0.05, 0.1) is 0 Å². The van der Waals surface area contributed by atoms with Crippen molar-refractivity contribution in [2.45, 2.75) is 12.8 Å². The second-order valence-electron chi connectivity index (χ2n) is 4.63. The average Bonchev–Trinajstić information content (AvgIpc) is 2.37. The number of benzene rings is 2. The van der Waals surface area contributed by atoms with Gasteiger partial charge in [-0.25, -0.2) is 4.39 Å². The predicted octanol–water partition coefficient (Wildman–Crippen LogP) is 3.49. The van der Waals surface area contributed by atoms with Crippen molar-refractivity contribution in [3.8, 4) is 0 Å². The second-order valence-corrected chi connectivity index (χ2v) is 4.63. The summed E-state index contributed by atoms with van der Waals surface area (Å²) in [7, 11) is 0. The molecule has 0 spiro atoms. The van der Waals surface area contributed by atoms with E-state index in [2.05, 4.69) is 17.0 Å². The Morgan fingerprint density at radius 1 is 1.11 bits per heavy atom. The number of nitrogen functional groups attached to an aromatic ring is 1. The van der Waals surface area contributed by atoms with Crippen molar-refractivity contribution < 1.29 is 4.39 Å². The molecule has 1 heterocycles. The van der Waals surface area contributed by atoms with E-state index in [0.717, 1.165) is 30.8 Å². The zero-order valence-corrected chi connectivity index (χ0v) is 10.1. The Balaban J connectivity index is 2.08. The lowest BCUT2D eigenvalue weighted by atomic mass is 10.0. The highest BCUT2D eigenvalue weighted by atomic mass is 19.1. The van der Waals surface area contributed by atoms with Crippen molar-refractivity contribution in [3.05, 3.63) is 53.8 Å². The summed E-state index contributed by atoms with van der Waals surface area (Å²) >= 11 is 0. The molecule has 0 unspecified atom stereocenters. The van der Waals surface area contributed by atoms with Crippen molar-refractivity contribution in [2.75, 3.05) is 17.2 Å². The summed E-state index contributed by atoms with van der Waals surface area (Å²) in [6.07, 6.45) is 2.16. The molecule has 0 atom stereocenters. The number of anilines is 3. The van der Waals surface area contributed by atoms with E-state index in [1.54, 1.807) is 6.07 Å². The van der Waals surface area contributed by atoms with Gasteiger partial charge in [0.25, 0.3) is 0 Å². The third-order valence-corrected chi connectivity index (χ3v) is 3.33. The van der Waals surface area contributed by atoms with E-state index < -0.39 is 0 Å². The standard InChI is InChI=1S/C15H15FN2/c16-12-8-13(17)10-14(9-12)18-7-3-5-11-4-1-2-6-15(11)18/h1-2,4,6,8-10H,3,5,7,17H2. The smallest absolute Gasteiger partial charge is 0.127 e. The molecule has 1 aliphatic rings. The fourth-order valence-corrected chi connectivity index (χ4v) is 2.55. The molecular weight excluding hydrogens is 227 g/mol. The molecule has 0 radical (unpaired) electrons. The molecule has 2 N–H and O–H groups in total. The van der Waals surface area contributed by atoms with Crippen LogP contribution >= 0.6 is 0 Å². The summed E-state index contributed by atoms with van der Waals surface area (Å²) in [6, 6.07) is 13.0. The van der Waals surface area contributed by atoms with Crippen LogP contribution in [0.2, 0.25) is 0 Å². The van der Waals surface area contributed by atoms with Gasteiger partial charge in [0.2, 0.25) is 0 Å². The molecule has 0 fully saturated rings. The van der Waals surface area contributed by atoms with Crippen molar-refractivity contribution in [1.29, 1.82) is 0 Å². The number of hydrogen-bond acceptors (Lipinski definition) is 2. The zero-order valence-electron chi connectivity index (χ0n) is 10.1. The predicted molar refractivity (Wildman–Crippen MR) is 72.6 cm³/mol. The van der Waals surface area contributed by atoms with Gasteiger partial charge in [0.15, 0.2) is 0 Å². The minimum absolute atomic E-state index is 0.284. The third-order valence-electron chi connectivity index (χ3n) is 3.33. The molecule has 2 nitrogen and oxygen atoms in total. The van der Waals surface area contributed by atoms with Crippen molar-refractivity contribution in [2.24, 2.45) is 0 Å². The summed E-state index contributed by atoms with van der Waals surface area (Å²) < 4.78 is 13.5. The summed E-state index contributed by atoms with van der Waals surface area (Å²) in [5.74, 6) is -0.284.